The summed E-state index contributed by atoms with van der Waals surface area (Å²) < 4.78 is 5.25. The molecule has 1 aromatic carbocycles. The van der Waals surface area contributed by atoms with Gasteiger partial charge < -0.3 is 14.9 Å². The van der Waals surface area contributed by atoms with Gasteiger partial charge in [0.05, 0.1) is 12.8 Å². The molecule has 2 rings (SSSR count). The molecule has 6 nitrogen and oxygen atoms in total. The van der Waals surface area contributed by atoms with Gasteiger partial charge in [-0.15, -0.1) is 0 Å². The maximum Gasteiger partial charge on any atom is 0.305 e. The molecule has 0 fully saturated rings. The number of aliphatic carboxylic acids is 1. The zero-order chi connectivity index (χ0) is 14.7. The Morgan fingerprint density at radius 2 is 2.10 bits per heavy atom. The number of hydrogen-bond acceptors (Lipinski definition) is 4. The van der Waals surface area contributed by atoms with Gasteiger partial charge in [-0.2, -0.15) is 0 Å². The number of nitrogens with zero attached hydrogens (tertiary/aromatic N) is 1. The number of fused-ring (bicyclic) bond motifs is 1. The van der Waals surface area contributed by atoms with E-state index < -0.39 is 5.97 Å². The maximum absolute atomic E-state index is 11.7. The van der Waals surface area contributed by atoms with Crippen LogP contribution in [0.15, 0.2) is 16.7 Å². The fourth-order valence-corrected chi connectivity index (χ4v) is 2.09. The van der Waals surface area contributed by atoms with Crippen LogP contribution in [0.25, 0.3) is 11.0 Å². The molecule has 106 valence electrons. The molecule has 1 aromatic heterocycles. The smallest absolute Gasteiger partial charge is 0.305 e. The highest BCUT2D eigenvalue weighted by Gasteiger charge is 2.14. The van der Waals surface area contributed by atoms with Gasteiger partial charge in [-0.3, -0.25) is 9.59 Å². The van der Waals surface area contributed by atoms with E-state index in [2.05, 4.69) is 10.5 Å². The van der Waals surface area contributed by atoms with E-state index >= 15 is 0 Å². The molecule has 0 radical (unpaired) electrons. The van der Waals surface area contributed by atoms with Gasteiger partial charge in [-0.1, -0.05) is 11.2 Å². The molecule has 0 unspecified atom stereocenters. The highest BCUT2D eigenvalue weighted by atomic mass is 16.5. The van der Waals surface area contributed by atoms with Crippen molar-refractivity contribution in [1.29, 1.82) is 0 Å². The predicted molar refractivity (Wildman–Crippen MR) is 72.4 cm³/mol. The minimum absolute atomic E-state index is 0.0789. The second kappa shape index (κ2) is 5.73. The van der Waals surface area contributed by atoms with E-state index in [1.807, 2.05) is 26.0 Å². The molecule has 0 aliphatic carbocycles. The van der Waals surface area contributed by atoms with Crippen molar-refractivity contribution in [2.24, 2.45) is 0 Å². The molecule has 0 bridgehead atoms. The first-order chi connectivity index (χ1) is 9.47. The van der Waals surface area contributed by atoms with Crippen LogP contribution >= 0.6 is 0 Å². The lowest BCUT2D eigenvalue weighted by Gasteiger charge is -2.02. The molecule has 1 heterocycles. The number of carboxylic acids is 1. The summed E-state index contributed by atoms with van der Waals surface area (Å²) in [5.41, 5.74) is 3.30. The molecular formula is C14H16N2O4. The molecule has 0 aliphatic heterocycles. The molecule has 2 aromatic rings. The highest BCUT2D eigenvalue weighted by Crippen LogP contribution is 2.23. The van der Waals surface area contributed by atoms with Gasteiger partial charge in [-0.25, -0.2) is 0 Å². The summed E-state index contributed by atoms with van der Waals surface area (Å²) in [5.74, 6) is -1.20. The van der Waals surface area contributed by atoms with E-state index in [4.69, 9.17) is 9.63 Å². The van der Waals surface area contributed by atoms with Crippen molar-refractivity contribution in [1.82, 2.24) is 10.5 Å². The summed E-state index contributed by atoms with van der Waals surface area (Å²) in [5, 5.41) is 15.8. The van der Waals surface area contributed by atoms with Crippen LogP contribution in [0.2, 0.25) is 0 Å². The van der Waals surface area contributed by atoms with Crippen molar-refractivity contribution in [2.45, 2.75) is 26.7 Å². The van der Waals surface area contributed by atoms with Gasteiger partial charge in [0.1, 0.15) is 5.69 Å². The lowest BCUT2D eigenvalue weighted by Crippen LogP contribution is -2.27. The van der Waals surface area contributed by atoms with Crippen LogP contribution in [0.1, 0.15) is 23.2 Å². The molecule has 0 atom stereocenters. The Labute approximate surface area is 115 Å². The summed E-state index contributed by atoms with van der Waals surface area (Å²) in [6.45, 7) is 4.01. The number of aryl methyl sites for hydroxylation is 2. The number of carbonyl (C=O) groups is 2. The third-order valence-electron chi connectivity index (χ3n) is 2.97. The van der Waals surface area contributed by atoms with Crippen molar-refractivity contribution in [3.63, 3.8) is 0 Å². The minimum Gasteiger partial charge on any atom is -0.481 e. The van der Waals surface area contributed by atoms with Crippen LogP contribution < -0.4 is 5.32 Å². The van der Waals surface area contributed by atoms with Crippen molar-refractivity contribution >= 4 is 22.8 Å². The first kappa shape index (κ1) is 14.0. The number of rotatable bonds is 5. The van der Waals surface area contributed by atoms with Gasteiger partial charge in [-0.05, 0) is 31.0 Å². The van der Waals surface area contributed by atoms with Gasteiger partial charge in [0.15, 0.2) is 5.58 Å². The van der Waals surface area contributed by atoms with Crippen molar-refractivity contribution in [2.75, 3.05) is 6.54 Å². The lowest BCUT2D eigenvalue weighted by atomic mass is 10.1. The quantitative estimate of drug-likeness (QED) is 0.864. The van der Waals surface area contributed by atoms with E-state index in [-0.39, 0.29) is 25.3 Å². The number of aromatic nitrogens is 1. The zero-order valence-corrected chi connectivity index (χ0v) is 11.4. The molecule has 0 saturated carbocycles. The summed E-state index contributed by atoms with van der Waals surface area (Å²) in [4.78, 5) is 22.1. The molecule has 20 heavy (non-hydrogen) atoms. The summed E-state index contributed by atoms with van der Waals surface area (Å²) in [7, 11) is 0. The van der Waals surface area contributed by atoms with Crippen LogP contribution in [0, 0.1) is 13.8 Å². The molecule has 0 aliphatic rings. The Balaban J connectivity index is 2.10. The zero-order valence-electron chi connectivity index (χ0n) is 11.4. The van der Waals surface area contributed by atoms with Crippen molar-refractivity contribution in [3.8, 4) is 0 Å². The van der Waals surface area contributed by atoms with E-state index in [9.17, 15) is 9.59 Å². The third-order valence-corrected chi connectivity index (χ3v) is 2.97. The fraction of sp³-hybridized carbons (Fsp3) is 0.357. The van der Waals surface area contributed by atoms with Gasteiger partial charge >= 0.3 is 5.97 Å². The summed E-state index contributed by atoms with van der Waals surface area (Å²) >= 11 is 0. The normalized spacial score (nSPS) is 10.7. The van der Waals surface area contributed by atoms with Gasteiger partial charge in [0.25, 0.3) is 0 Å². The van der Waals surface area contributed by atoms with E-state index in [1.54, 1.807) is 0 Å². The number of amides is 1. The van der Waals surface area contributed by atoms with E-state index in [1.165, 1.54) is 0 Å². The summed E-state index contributed by atoms with van der Waals surface area (Å²) in [6.07, 6.45) is -0.0148. The topological polar surface area (TPSA) is 92.4 Å². The molecule has 6 heteroatoms. The molecular weight excluding hydrogens is 260 g/mol. The number of carboxylic acid groups (broad SMARTS) is 1. The van der Waals surface area contributed by atoms with Gasteiger partial charge in [0.2, 0.25) is 5.91 Å². The monoisotopic (exact) mass is 276 g/mol. The van der Waals surface area contributed by atoms with Crippen LogP contribution in [0.5, 0.6) is 0 Å². The SMILES string of the molecule is Cc1cc(C)c2onc(CC(=O)NCCC(=O)O)c2c1. The molecule has 0 saturated heterocycles. The standard InChI is InChI=1S/C14H16N2O4/c1-8-5-9(2)14-10(6-8)11(16-20-14)7-12(17)15-4-3-13(18)19/h5-6H,3-4,7H2,1-2H3,(H,15,17)(H,18,19). The van der Waals surface area contributed by atoms with Gasteiger partial charge in [0, 0.05) is 11.9 Å². The first-order valence-corrected chi connectivity index (χ1v) is 6.31. The Kier molecular flexibility index (Phi) is 4.02. The highest BCUT2D eigenvalue weighted by molar-refractivity contribution is 5.88. The third kappa shape index (κ3) is 3.14. The first-order valence-electron chi connectivity index (χ1n) is 6.31. The molecule has 1 amide bonds. The number of nitrogens with one attached hydrogen (secondary N) is 1. The Morgan fingerprint density at radius 1 is 1.35 bits per heavy atom. The number of hydrogen-bond donors (Lipinski definition) is 2. The Morgan fingerprint density at radius 3 is 2.80 bits per heavy atom. The second-order valence-electron chi connectivity index (χ2n) is 4.76. The molecule has 0 spiro atoms. The van der Waals surface area contributed by atoms with Crippen molar-refractivity contribution in [3.05, 3.63) is 29.0 Å². The Hall–Kier alpha value is -2.37. The number of benzene rings is 1. The maximum atomic E-state index is 11.7. The predicted octanol–water partition coefficient (Wildman–Crippen LogP) is 1.58. The van der Waals surface area contributed by atoms with Crippen molar-refractivity contribution < 1.29 is 19.2 Å². The second-order valence-corrected chi connectivity index (χ2v) is 4.76. The fourth-order valence-electron chi connectivity index (χ4n) is 2.09. The number of carbonyl (C=O) groups excluding carboxylic acids is 1. The average molecular weight is 276 g/mol. The largest absolute Gasteiger partial charge is 0.481 e. The van der Waals surface area contributed by atoms with Crippen LogP contribution in [0.4, 0.5) is 0 Å². The van der Waals surface area contributed by atoms with Crippen LogP contribution in [-0.2, 0) is 16.0 Å². The lowest BCUT2D eigenvalue weighted by molar-refractivity contribution is -0.136. The van der Waals surface area contributed by atoms with Crippen LogP contribution in [0.3, 0.4) is 0 Å². The van der Waals surface area contributed by atoms with Crippen LogP contribution in [-0.4, -0.2) is 28.7 Å². The summed E-state index contributed by atoms with van der Waals surface area (Å²) in [6, 6.07) is 3.92. The minimum atomic E-state index is -0.941. The Bertz CT molecular complexity index is 660. The average Bonchev–Trinajstić information content (AvgIpc) is 2.72. The van der Waals surface area contributed by atoms with E-state index in [0.29, 0.717) is 11.3 Å². The van der Waals surface area contributed by atoms with E-state index in [0.717, 1.165) is 16.5 Å². The molecule has 2 N–H and O–H groups in total.